The second-order valence-electron chi connectivity index (χ2n) is 0.500. The standard InChI is InChI=1S/2CH3.Sn.Zr/h2*1H3;;. The van der Waals surface area contributed by atoms with E-state index in [1.165, 1.54) is 0 Å². The molecule has 0 rings (SSSR count). The van der Waals surface area contributed by atoms with Crippen LogP contribution < -0.4 is 0 Å². The Hall–Kier alpha value is 1.68. The molecule has 0 heterocycles. The Labute approximate surface area is 56.7 Å². The quantitative estimate of drug-likeness (QED) is 0.549. The largest absolute Gasteiger partial charge is 0 e. The minimum atomic E-state index is 0. The summed E-state index contributed by atoms with van der Waals surface area (Å²) in [7, 11) is 0. The second-order valence-corrected chi connectivity index (χ2v) is 3.35. The van der Waals surface area contributed by atoms with Crippen LogP contribution in [0.1, 0.15) is 0 Å². The third-order valence-corrected chi connectivity index (χ3v) is 0. The summed E-state index contributed by atoms with van der Waals surface area (Å²) in [6.07, 6.45) is 0. The van der Waals surface area contributed by atoms with Crippen LogP contribution in [-0.2, 0) is 26.2 Å². The van der Waals surface area contributed by atoms with Gasteiger partial charge in [0.1, 0.15) is 0 Å². The first-order chi connectivity index (χ1) is 1.41. The van der Waals surface area contributed by atoms with E-state index in [1.807, 2.05) is 0 Å². The van der Waals surface area contributed by atoms with E-state index in [1.54, 1.807) is 0 Å². The smallest absolute Gasteiger partial charge is 0 e. The first-order valence-corrected chi connectivity index (χ1v) is 6.71. The molecule has 0 N–H and O–H groups in total. The average molecular weight is 240 g/mol. The predicted octanol–water partition coefficient (Wildman–Crippen LogP) is 0.784. The first-order valence-electron chi connectivity index (χ1n) is 1.00. The Morgan fingerprint density at radius 2 is 1.25 bits per heavy atom. The molecule has 0 amide bonds. The van der Waals surface area contributed by atoms with Crippen molar-refractivity contribution >= 4 is 21.1 Å². The minimum absolute atomic E-state index is 0. The Balaban J connectivity index is 0. The third-order valence-electron chi connectivity index (χ3n) is 0. The molecule has 0 aromatic rings. The maximum absolute atomic E-state index is 2.30. The third kappa shape index (κ3) is 9.36. The molecule has 0 unspecified atom stereocenters. The van der Waals surface area contributed by atoms with Crippen molar-refractivity contribution in [2.75, 3.05) is 0 Å². The molecular formula is C2H6SnZr. The summed E-state index contributed by atoms with van der Waals surface area (Å²) < 4.78 is 0. The van der Waals surface area contributed by atoms with Crippen LogP contribution in [-0.4, -0.2) is 21.1 Å². The van der Waals surface area contributed by atoms with E-state index >= 15 is 0 Å². The van der Waals surface area contributed by atoms with Gasteiger partial charge in [-0.15, -0.1) is 0 Å². The second kappa shape index (κ2) is 8.82. The van der Waals surface area contributed by atoms with Gasteiger partial charge in [0.25, 0.3) is 0 Å². The van der Waals surface area contributed by atoms with E-state index in [2.05, 4.69) is 9.88 Å². The van der Waals surface area contributed by atoms with E-state index < -0.39 is 0 Å². The van der Waals surface area contributed by atoms with Gasteiger partial charge in [-0.1, -0.05) is 0 Å². The number of hydrogen-bond acceptors (Lipinski definition) is 0. The van der Waals surface area contributed by atoms with Crippen LogP contribution in [0.25, 0.3) is 0 Å². The molecule has 0 saturated carbocycles. The SMILES string of the molecule is [CH3][Sn][CH3].[Zr]. The molecule has 0 spiro atoms. The summed E-state index contributed by atoms with van der Waals surface area (Å²) in [6.45, 7) is 0. The zero-order chi connectivity index (χ0) is 2.71. The maximum atomic E-state index is 2.30. The summed E-state index contributed by atoms with van der Waals surface area (Å²) in [4.78, 5) is 4.59. The fourth-order valence-corrected chi connectivity index (χ4v) is 0. The van der Waals surface area contributed by atoms with Gasteiger partial charge in [-0.3, -0.25) is 0 Å². The van der Waals surface area contributed by atoms with E-state index in [0.717, 1.165) is 0 Å². The molecule has 0 bridgehead atoms. The fourth-order valence-electron chi connectivity index (χ4n) is 0. The first kappa shape index (κ1) is 9.19. The molecule has 2 heteroatoms. The predicted molar refractivity (Wildman–Crippen MR) is 17.5 cm³/mol. The molecule has 0 atom stereocenters. The fraction of sp³-hybridized carbons (Fsp3) is 1.00. The van der Waals surface area contributed by atoms with Crippen molar-refractivity contribution in [2.45, 2.75) is 9.88 Å². The zero-order valence-electron chi connectivity index (χ0n) is 3.00. The van der Waals surface area contributed by atoms with Gasteiger partial charge in [0.15, 0.2) is 0 Å². The summed E-state index contributed by atoms with van der Waals surface area (Å²) >= 11 is 0.230. The van der Waals surface area contributed by atoms with Gasteiger partial charge >= 0.3 is 31.0 Å². The van der Waals surface area contributed by atoms with E-state index in [9.17, 15) is 0 Å². The van der Waals surface area contributed by atoms with E-state index in [0.29, 0.717) is 0 Å². The van der Waals surface area contributed by atoms with Crippen molar-refractivity contribution in [3.8, 4) is 0 Å². The molecule has 0 aliphatic carbocycles. The molecule has 0 aliphatic rings. The van der Waals surface area contributed by atoms with E-state index in [-0.39, 0.29) is 47.3 Å². The molecule has 4 heavy (non-hydrogen) atoms. The van der Waals surface area contributed by atoms with Crippen LogP contribution in [0.4, 0.5) is 0 Å². The molecule has 22 valence electrons. The van der Waals surface area contributed by atoms with Gasteiger partial charge in [0.05, 0.1) is 0 Å². The molecule has 0 aromatic heterocycles. The Morgan fingerprint density at radius 1 is 1.25 bits per heavy atom. The van der Waals surface area contributed by atoms with Crippen LogP contribution in [0.3, 0.4) is 0 Å². The van der Waals surface area contributed by atoms with Crippen molar-refractivity contribution in [3.05, 3.63) is 0 Å². The topological polar surface area (TPSA) is 0 Å². The van der Waals surface area contributed by atoms with Crippen LogP contribution in [0.2, 0.25) is 9.88 Å². The molecule has 0 nitrogen and oxygen atoms in total. The normalized spacial score (nSPS) is 4.50. The van der Waals surface area contributed by atoms with Gasteiger partial charge in [-0.25, -0.2) is 0 Å². The number of rotatable bonds is 0. The van der Waals surface area contributed by atoms with Crippen LogP contribution in [0.5, 0.6) is 0 Å². The Kier molecular flexibility index (Phi) is 20.3. The van der Waals surface area contributed by atoms with Gasteiger partial charge in [0, 0.05) is 26.2 Å². The maximum Gasteiger partial charge on any atom is 0 e. The van der Waals surface area contributed by atoms with Crippen LogP contribution >= 0.6 is 0 Å². The van der Waals surface area contributed by atoms with Crippen LogP contribution in [0.15, 0.2) is 0 Å². The van der Waals surface area contributed by atoms with Crippen molar-refractivity contribution in [3.63, 3.8) is 0 Å². The molecule has 0 fully saturated rings. The summed E-state index contributed by atoms with van der Waals surface area (Å²) in [5, 5.41) is 0. The van der Waals surface area contributed by atoms with Crippen molar-refractivity contribution in [1.29, 1.82) is 0 Å². The van der Waals surface area contributed by atoms with Crippen molar-refractivity contribution < 1.29 is 26.2 Å². The summed E-state index contributed by atoms with van der Waals surface area (Å²) in [6, 6.07) is 0. The van der Waals surface area contributed by atoms with Gasteiger partial charge in [-0.05, 0) is 0 Å². The van der Waals surface area contributed by atoms with Crippen LogP contribution in [0, 0.1) is 0 Å². The molecule has 0 aliphatic heterocycles. The van der Waals surface area contributed by atoms with Gasteiger partial charge < -0.3 is 0 Å². The molecule has 0 saturated heterocycles. The van der Waals surface area contributed by atoms with Gasteiger partial charge in [0.2, 0.25) is 0 Å². The zero-order valence-corrected chi connectivity index (χ0v) is 8.31. The average Bonchev–Trinajstić information content (AvgIpc) is 0.918. The van der Waals surface area contributed by atoms with Crippen molar-refractivity contribution in [2.24, 2.45) is 0 Å². The Bertz CT molecular complexity index is 6.00. The monoisotopic (exact) mass is 240 g/mol. The van der Waals surface area contributed by atoms with Gasteiger partial charge in [-0.2, -0.15) is 0 Å². The Morgan fingerprint density at radius 3 is 1.25 bits per heavy atom. The molecular weight excluding hydrogens is 234 g/mol. The van der Waals surface area contributed by atoms with E-state index in [4.69, 9.17) is 0 Å². The summed E-state index contributed by atoms with van der Waals surface area (Å²) in [5.41, 5.74) is 0. The minimum Gasteiger partial charge on any atom is 0 e. The van der Waals surface area contributed by atoms with Crippen molar-refractivity contribution in [1.82, 2.24) is 0 Å². The molecule has 0 aromatic carbocycles. The summed E-state index contributed by atoms with van der Waals surface area (Å²) in [5.74, 6) is 0. The number of hydrogen-bond donors (Lipinski definition) is 0. The molecule has 2 radical (unpaired) electrons.